The number of benzene rings is 1. The first kappa shape index (κ1) is 19.4. The molecule has 0 saturated heterocycles. The van der Waals surface area contributed by atoms with Crippen molar-refractivity contribution in [3.8, 4) is 5.69 Å². The smallest absolute Gasteiger partial charge is 0.191 e. The molecular formula is C21H31N5O. The summed E-state index contributed by atoms with van der Waals surface area (Å²) in [5, 5.41) is 6.76. The Labute approximate surface area is 162 Å². The van der Waals surface area contributed by atoms with Gasteiger partial charge in [0, 0.05) is 39.1 Å². The van der Waals surface area contributed by atoms with Crippen molar-refractivity contribution in [1.29, 1.82) is 0 Å². The first-order chi connectivity index (χ1) is 13.4. The van der Waals surface area contributed by atoms with E-state index in [-0.39, 0.29) is 0 Å². The summed E-state index contributed by atoms with van der Waals surface area (Å²) in [4.78, 5) is 8.45. The molecule has 2 aromatic rings. The van der Waals surface area contributed by atoms with Crippen molar-refractivity contribution >= 4 is 5.96 Å². The molecule has 0 bridgehead atoms. The minimum absolute atomic E-state index is 0.482. The van der Waals surface area contributed by atoms with Gasteiger partial charge in [0.25, 0.3) is 0 Å². The van der Waals surface area contributed by atoms with E-state index in [4.69, 9.17) is 4.74 Å². The van der Waals surface area contributed by atoms with E-state index in [2.05, 4.69) is 38.8 Å². The monoisotopic (exact) mass is 369 g/mol. The molecule has 6 heteroatoms. The molecule has 1 aromatic carbocycles. The molecule has 1 aliphatic rings. The van der Waals surface area contributed by atoms with Crippen molar-refractivity contribution in [1.82, 2.24) is 20.2 Å². The Kier molecular flexibility index (Phi) is 7.71. The van der Waals surface area contributed by atoms with Crippen LogP contribution in [0.4, 0.5) is 0 Å². The minimum Gasteiger partial charge on any atom is -0.378 e. The summed E-state index contributed by atoms with van der Waals surface area (Å²) >= 11 is 0. The number of rotatable bonds is 8. The van der Waals surface area contributed by atoms with Crippen LogP contribution in [0.1, 0.15) is 44.1 Å². The molecule has 2 N–H and O–H groups in total. The van der Waals surface area contributed by atoms with Crippen LogP contribution < -0.4 is 10.6 Å². The van der Waals surface area contributed by atoms with Gasteiger partial charge in [-0.3, -0.25) is 4.99 Å². The van der Waals surface area contributed by atoms with Crippen molar-refractivity contribution in [2.45, 2.75) is 51.2 Å². The van der Waals surface area contributed by atoms with E-state index >= 15 is 0 Å². The number of imidazole rings is 1. The number of guanidine groups is 1. The second kappa shape index (κ2) is 10.7. The molecule has 0 spiro atoms. The quantitative estimate of drug-likeness (QED) is 0.426. The number of aromatic nitrogens is 2. The number of aliphatic imine (C=N–C) groups is 1. The van der Waals surface area contributed by atoms with Gasteiger partial charge in [0.05, 0.1) is 18.1 Å². The van der Waals surface area contributed by atoms with Crippen LogP contribution in [0.2, 0.25) is 0 Å². The highest BCUT2D eigenvalue weighted by atomic mass is 16.5. The fourth-order valence-electron chi connectivity index (χ4n) is 3.47. The predicted molar refractivity (Wildman–Crippen MR) is 109 cm³/mol. The molecule has 1 aromatic heterocycles. The first-order valence-corrected chi connectivity index (χ1v) is 9.99. The Morgan fingerprint density at radius 2 is 2.07 bits per heavy atom. The Balaban J connectivity index is 1.39. The fourth-order valence-corrected chi connectivity index (χ4v) is 3.47. The van der Waals surface area contributed by atoms with Crippen LogP contribution >= 0.6 is 0 Å². The van der Waals surface area contributed by atoms with Crippen LogP contribution in [0, 0.1) is 0 Å². The second-order valence-electron chi connectivity index (χ2n) is 6.94. The second-order valence-corrected chi connectivity index (χ2v) is 6.94. The number of ether oxygens (including phenoxy) is 1. The molecule has 0 amide bonds. The summed E-state index contributed by atoms with van der Waals surface area (Å²) in [6.45, 7) is 2.38. The van der Waals surface area contributed by atoms with Crippen LogP contribution in [-0.2, 0) is 11.3 Å². The summed E-state index contributed by atoms with van der Waals surface area (Å²) in [5.41, 5.74) is 2.32. The molecule has 1 heterocycles. The van der Waals surface area contributed by atoms with E-state index < -0.39 is 0 Å². The van der Waals surface area contributed by atoms with E-state index in [1.54, 1.807) is 13.2 Å². The van der Waals surface area contributed by atoms with E-state index in [0.29, 0.717) is 12.6 Å². The number of para-hydroxylation sites is 1. The van der Waals surface area contributed by atoms with Crippen molar-refractivity contribution < 1.29 is 4.74 Å². The number of hydrogen-bond donors (Lipinski definition) is 2. The topological polar surface area (TPSA) is 63.5 Å². The maximum Gasteiger partial charge on any atom is 0.191 e. The summed E-state index contributed by atoms with van der Waals surface area (Å²) in [5.74, 6) is 0.813. The molecule has 1 fully saturated rings. The van der Waals surface area contributed by atoms with Crippen LogP contribution in [0.3, 0.4) is 0 Å². The Morgan fingerprint density at radius 1 is 1.22 bits per heavy atom. The minimum atomic E-state index is 0.482. The van der Waals surface area contributed by atoms with E-state index in [9.17, 15) is 0 Å². The molecular weight excluding hydrogens is 338 g/mol. The maximum atomic E-state index is 5.98. The van der Waals surface area contributed by atoms with Crippen LogP contribution in [0.15, 0.2) is 48.0 Å². The van der Waals surface area contributed by atoms with Crippen LogP contribution in [0.25, 0.3) is 5.69 Å². The highest BCUT2D eigenvalue weighted by Gasteiger charge is 2.13. The SMILES string of the molecule is CN=C(NCCCOC1CCCCC1)NCc1ccccc1-n1ccnc1. The standard InChI is InChI=1S/C21H31N5O/c1-22-21(24-12-7-15-27-19-9-3-2-4-10-19)25-16-18-8-5-6-11-20(18)26-14-13-23-17-26/h5-6,8,11,13-14,17,19H,2-4,7,9-10,12,15-16H2,1H3,(H2,22,24,25). The van der Waals surface area contributed by atoms with Gasteiger partial charge in [0.15, 0.2) is 5.96 Å². The Bertz CT molecular complexity index is 692. The summed E-state index contributed by atoms with van der Waals surface area (Å²) in [7, 11) is 1.80. The van der Waals surface area contributed by atoms with Crippen molar-refractivity contribution in [3.05, 3.63) is 48.5 Å². The molecule has 146 valence electrons. The zero-order chi connectivity index (χ0) is 18.7. The highest BCUT2D eigenvalue weighted by molar-refractivity contribution is 5.79. The maximum absolute atomic E-state index is 5.98. The van der Waals surface area contributed by atoms with Gasteiger partial charge in [-0.05, 0) is 30.9 Å². The third kappa shape index (κ3) is 6.10. The lowest BCUT2D eigenvalue weighted by Gasteiger charge is -2.22. The molecule has 3 rings (SSSR count). The molecule has 0 aliphatic heterocycles. The fraction of sp³-hybridized carbons (Fsp3) is 0.524. The molecule has 6 nitrogen and oxygen atoms in total. The lowest BCUT2D eigenvalue weighted by molar-refractivity contribution is 0.0277. The van der Waals surface area contributed by atoms with Crippen molar-refractivity contribution in [2.24, 2.45) is 4.99 Å². The molecule has 27 heavy (non-hydrogen) atoms. The van der Waals surface area contributed by atoms with Crippen LogP contribution in [0.5, 0.6) is 0 Å². The van der Waals surface area contributed by atoms with Crippen molar-refractivity contribution in [2.75, 3.05) is 20.2 Å². The third-order valence-corrected chi connectivity index (χ3v) is 4.96. The summed E-state index contributed by atoms with van der Waals surface area (Å²) in [6, 6.07) is 8.31. The average Bonchev–Trinajstić information content (AvgIpc) is 3.26. The molecule has 1 aliphatic carbocycles. The van der Waals surface area contributed by atoms with E-state index in [1.807, 2.05) is 23.2 Å². The van der Waals surface area contributed by atoms with E-state index in [0.717, 1.165) is 31.2 Å². The van der Waals surface area contributed by atoms with Crippen LogP contribution in [-0.4, -0.2) is 41.8 Å². The van der Waals surface area contributed by atoms with Gasteiger partial charge < -0.3 is 19.9 Å². The third-order valence-electron chi connectivity index (χ3n) is 4.96. The number of nitrogens with zero attached hydrogens (tertiary/aromatic N) is 3. The van der Waals surface area contributed by atoms with Gasteiger partial charge in [0.2, 0.25) is 0 Å². The normalized spacial score (nSPS) is 15.7. The largest absolute Gasteiger partial charge is 0.378 e. The van der Waals surface area contributed by atoms with Gasteiger partial charge in [-0.1, -0.05) is 37.5 Å². The van der Waals surface area contributed by atoms with Gasteiger partial charge in [0.1, 0.15) is 0 Å². The lowest BCUT2D eigenvalue weighted by atomic mass is 9.98. The highest BCUT2D eigenvalue weighted by Crippen LogP contribution is 2.20. The number of hydrogen-bond acceptors (Lipinski definition) is 3. The first-order valence-electron chi connectivity index (χ1n) is 9.99. The molecule has 1 saturated carbocycles. The predicted octanol–water partition coefficient (Wildman–Crippen LogP) is 3.28. The summed E-state index contributed by atoms with van der Waals surface area (Å²) < 4.78 is 8.00. The lowest BCUT2D eigenvalue weighted by Crippen LogP contribution is -2.37. The zero-order valence-corrected chi connectivity index (χ0v) is 16.2. The van der Waals surface area contributed by atoms with Gasteiger partial charge in [-0.25, -0.2) is 4.98 Å². The van der Waals surface area contributed by atoms with Crippen molar-refractivity contribution in [3.63, 3.8) is 0 Å². The Morgan fingerprint density at radius 3 is 2.85 bits per heavy atom. The van der Waals surface area contributed by atoms with Gasteiger partial charge in [-0.2, -0.15) is 0 Å². The molecule has 0 radical (unpaired) electrons. The average molecular weight is 370 g/mol. The zero-order valence-electron chi connectivity index (χ0n) is 16.2. The van der Waals surface area contributed by atoms with Gasteiger partial charge in [-0.15, -0.1) is 0 Å². The number of nitrogens with one attached hydrogen (secondary N) is 2. The Hall–Kier alpha value is -2.34. The van der Waals surface area contributed by atoms with E-state index in [1.165, 1.54) is 37.7 Å². The van der Waals surface area contributed by atoms with Gasteiger partial charge >= 0.3 is 0 Å². The summed E-state index contributed by atoms with van der Waals surface area (Å²) in [6.07, 6.45) is 13.5. The molecule has 0 unspecified atom stereocenters. The molecule has 0 atom stereocenters.